The van der Waals surface area contributed by atoms with E-state index in [0.29, 0.717) is 18.9 Å². The molecule has 21 heavy (non-hydrogen) atoms. The van der Waals surface area contributed by atoms with Gasteiger partial charge in [0, 0.05) is 13.1 Å². The summed E-state index contributed by atoms with van der Waals surface area (Å²) in [6.45, 7) is 2.23. The van der Waals surface area contributed by atoms with Crippen LogP contribution in [0, 0.1) is 11.3 Å². The van der Waals surface area contributed by atoms with Crippen molar-refractivity contribution in [1.29, 1.82) is 0 Å². The number of fused-ring (bicyclic) bond motifs is 1. The third-order valence-electron chi connectivity index (χ3n) is 5.41. The summed E-state index contributed by atoms with van der Waals surface area (Å²) < 4.78 is 5.56. The SMILES string of the molecule is NC(=O)C1CCC(CNC(=O)[C@@]23CCCC[C@H]2CNC3)O1. The van der Waals surface area contributed by atoms with E-state index < -0.39 is 12.0 Å². The van der Waals surface area contributed by atoms with Gasteiger partial charge in [-0.3, -0.25) is 9.59 Å². The summed E-state index contributed by atoms with van der Waals surface area (Å²) in [4.78, 5) is 23.8. The average molecular weight is 295 g/mol. The molecule has 2 amide bonds. The molecular weight excluding hydrogens is 270 g/mol. The lowest BCUT2D eigenvalue weighted by Crippen LogP contribution is -2.49. The van der Waals surface area contributed by atoms with Crippen molar-refractivity contribution in [2.45, 2.75) is 50.7 Å². The Morgan fingerprint density at radius 3 is 2.90 bits per heavy atom. The number of primary amides is 1. The highest BCUT2D eigenvalue weighted by Gasteiger charge is 2.49. The van der Waals surface area contributed by atoms with Crippen LogP contribution in [0.4, 0.5) is 0 Å². The highest BCUT2D eigenvalue weighted by Crippen LogP contribution is 2.43. The molecule has 0 bridgehead atoms. The smallest absolute Gasteiger partial charge is 0.246 e. The van der Waals surface area contributed by atoms with E-state index in [2.05, 4.69) is 10.6 Å². The summed E-state index contributed by atoms with van der Waals surface area (Å²) >= 11 is 0. The largest absolute Gasteiger partial charge is 0.367 e. The van der Waals surface area contributed by atoms with Gasteiger partial charge in [-0.2, -0.15) is 0 Å². The Morgan fingerprint density at radius 2 is 2.14 bits per heavy atom. The van der Waals surface area contributed by atoms with Crippen molar-refractivity contribution < 1.29 is 14.3 Å². The van der Waals surface area contributed by atoms with Crippen LogP contribution in [0.25, 0.3) is 0 Å². The van der Waals surface area contributed by atoms with Gasteiger partial charge in [-0.25, -0.2) is 0 Å². The van der Waals surface area contributed by atoms with E-state index in [4.69, 9.17) is 10.5 Å². The van der Waals surface area contributed by atoms with Gasteiger partial charge in [0.1, 0.15) is 6.10 Å². The first kappa shape index (κ1) is 14.8. The summed E-state index contributed by atoms with van der Waals surface area (Å²) in [6.07, 6.45) is 5.35. The van der Waals surface area contributed by atoms with Crippen LogP contribution in [-0.2, 0) is 14.3 Å². The van der Waals surface area contributed by atoms with Gasteiger partial charge < -0.3 is 21.1 Å². The number of nitrogens with two attached hydrogens (primary N) is 1. The Labute approximate surface area is 125 Å². The predicted octanol–water partition coefficient (Wildman–Crippen LogP) is -0.0847. The molecule has 4 N–H and O–H groups in total. The van der Waals surface area contributed by atoms with Gasteiger partial charge in [0.05, 0.1) is 11.5 Å². The van der Waals surface area contributed by atoms with Crippen molar-refractivity contribution >= 4 is 11.8 Å². The van der Waals surface area contributed by atoms with Crippen molar-refractivity contribution in [2.24, 2.45) is 17.1 Å². The zero-order valence-corrected chi connectivity index (χ0v) is 12.4. The quantitative estimate of drug-likeness (QED) is 0.676. The predicted molar refractivity (Wildman–Crippen MR) is 77.4 cm³/mol. The van der Waals surface area contributed by atoms with Crippen molar-refractivity contribution in [3.8, 4) is 0 Å². The molecule has 0 aromatic rings. The number of carbonyl (C=O) groups excluding carboxylic acids is 2. The van der Waals surface area contributed by atoms with Crippen LogP contribution >= 0.6 is 0 Å². The minimum Gasteiger partial charge on any atom is -0.367 e. The molecule has 2 aliphatic heterocycles. The first-order valence-corrected chi connectivity index (χ1v) is 8.05. The number of ether oxygens (including phenoxy) is 1. The highest BCUT2D eigenvalue weighted by atomic mass is 16.5. The molecular formula is C15H25N3O3. The fourth-order valence-corrected chi connectivity index (χ4v) is 4.14. The molecule has 1 saturated carbocycles. The molecule has 2 saturated heterocycles. The second kappa shape index (κ2) is 5.93. The lowest BCUT2D eigenvalue weighted by molar-refractivity contribution is -0.135. The molecule has 0 aromatic heterocycles. The molecule has 118 valence electrons. The number of nitrogens with one attached hydrogen (secondary N) is 2. The molecule has 1 aliphatic carbocycles. The molecule has 4 atom stereocenters. The first-order valence-electron chi connectivity index (χ1n) is 8.05. The number of carbonyl (C=O) groups is 2. The Balaban J connectivity index is 1.53. The molecule has 0 aromatic carbocycles. The van der Waals surface area contributed by atoms with Gasteiger partial charge in [-0.1, -0.05) is 12.8 Å². The van der Waals surface area contributed by atoms with Gasteiger partial charge in [0.2, 0.25) is 11.8 Å². The lowest BCUT2D eigenvalue weighted by atomic mass is 9.67. The topological polar surface area (TPSA) is 93.5 Å². The van der Waals surface area contributed by atoms with Crippen LogP contribution in [0.15, 0.2) is 0 Å². The van der Waals surface area contributed by atoms with Gasteiger partial charge in [-0.15, -0.1) is 0 Å². The van der Waals surface area contributed by atoms with Gasteiger partial charge >= 0.3 is 0 Å². The monoisotopic (exact) mass is 295 g/mol. The molecule has 3 aliphatic rings. The third-order valence-corrected chi connectivity index (χ3v) is 5.41. The number of hydrogen-bond donors (Lipinski definition) is 3. The standard InChI is InChI=1S/C15H25N3O3/c16-13(19)12-5-4-11(21-12)8-18-14(20)15-6-2-1-3-10(15)7-17-9-15/h10-12,17H,1-9H2,(H2,16,19)(H,18,20)/t10-,11?,12?,15+/m0/s1. The zero-order valence-electron chi connectivity index (χ0n) is 12.4. The van der Waals surface area contributed by atoms with E-state index in [-0.39, 0.29) is 17.4 Å². The van der Waals surface area contributed by atoms with Crippen LogP contribution in [0.5, 0.6) is 0 Å². The molecule has 0 radical (unpaired) electrons. The normalized spacial score (nSPS) is 39.0. The molecule has 3 fully saturated rings. The summed E-state index contributed by atoms with van der Waals surface area (Å²) in [5.74, 6) is 0.215. The Bertz CT molecular complexity index is 428. The van der Waals surface area contributed by atoms with E-state index in [9.17, 15) is 9.59 Å². The Morgan fingerprint density at radius 1 is 1.29 bits per heavy atom. The molecule has 2 heterocycles. The number of amides is 2. The van der Waals surface area contributed by atoms with Gasteiger partial charge in [0.25, 0.3) is 0 Å². The highest BCUT2D eigenvalue weighted by molar-refractivity contribution is 5.84. The van der Waals surface area contributed by atoms with Crippen LogP contribution in [0.3, 0.4) is 0 Å². The Hall–Kier alpha value is -1.14. The van der Waals surface area contributed by atoms with Crippen molar-refractivity contribution in [2.75, 3.05) is 19.6 Å². The second-order valence-corrected chi connectivity index (χ2v) is 6.67. The van der Waals surface area contributed by atoms with Crippen LogP contribution in [-0.4, -0.2) is 43.7 Å². The number of rotatable bonds is 4. The van der Waals surface area contributed by atoms with Crippen LogP contribution < -0.4 is 16.4 Å². The molecule has 0 spiro atoms. The minimum absolute atomic E-state index is 0.0840. The summed E-state index contributed by atoms with van der Waals surface area (Å²) in [5, 5.41) is 6.44. The van der Waals surface area contributed by atoms with Crippen molar-refractivity contribution in [3.05, 3.63) is 0 Å². The summed E-state index contributed by atoms with van der Waals surface area (Å²) in [6, 6.07) is 0. The maximum atomic E-state index is 12.7. The third kappa shape index (κ3) is 2.79. The average Bonchev–Trinajstić information content (AvgIpc) is 3.12. The van der Waals surface area contributed by atoms with E-state index in [1.165, 1.54) is 6.42 Å². The zero-order chi connectivity index (χ0) is 14.9. The Kier molecular flexibility index (Phi) is 4.17. The summed E-state index contributed by atoms with van der Waals surface area (Å²) in [5.41, 5.74) is 5.02. The van der Waals surface area contributed by atoms with E-state index in [1.54, 1.807) is 0 Å². The van der Waals surface area contributed by atoms with Crippen molar-refractivity contribution in [3.63, 3.8) is 0 Å². The van der Waals surface area contributed by atoms with E-state index in [0.717, 1.165) is 38.8 Å². The molecule has 2 unspecified atom stereocenters. The van der Waals surface area contributed by atoms with Gasteiger partial charge in [-0.05, 0) is 38.1 Å². The van der Waals surface area contributed by atoms with Crippen LogP contribution in [0.1, 0.15) is 38.5 Å². The van der Waals surface area contributed by atoms with E-state index in [1.807, 2.05) is 0 Å². The molecule has 3 rings (SSSR count). The molecule has 6 heteroatoms. The summed E-state index contributed by atoms with van der Waals surface area (Å²) in [7, 11) is 0. The molecule has 6 nitrogen and oxygen atoms in total. The fraction of sp³-hybridized carbons (Fsp3) is 0.867. The first-order chi connectivity index (χ1) is 10.1. The maximum Gasteiger partial charge on any atom is 0.246 e. The maximum absolute atomic E-state index is 12.7. The van der Waals surface area contributed by atoms with Gasteiger partial charge in [0.15, 0.2) is 0 Å². The fourth-order valence-electron chi connectivity index (χ4n) is 4.14. The van der Waals surface area contributed by atoms with Crippen molar-refractivity contribution in [1.82, 2.24) is 10.6 Å². The number of hydrogen-bond acceptors (Lipinski definition) is 4. The lowest BCUT2D eigenvalue weighted by Gasteiger charge is -2.37. The van der Waals surface area contributed by atoms with E-state index >= 15 is 0 Å². The minimum atomic E-state index is -0.486. The second-order valence-electron chi connectivity index (χ2n) is 6.67. The van der Waals surface area contributed by atoms with Crippen LogP contribution in [0.2, 0.25) is 0 Å².